The quantitative estimate of drug-likeness (QED) is 0.0262. The van der Waals surface area contributed by atoms with E-state index in [1.165, 1.54) is 148 Å². The molecule has 0 fully saturated rings. The number of rotatable bonds is 48. The van der Waals surface area contributed by atoms with Crippen LogP contribution < -0.4 is 0 Å². The van der Waals surface area contributed by atoms with E-state index < -0.39 is 6.10 Å². The van der Waals surface area contributed by atoms with Crippen LogP contribution in [-0.2, 0) is 28.6 Å². The maximum absolute atomic E-state index is 12.8. The second kappa shape index (κ2) is 51.7. The van der Waals surface area contributed by atoms with E-state index in [0.717, 1.165) is 70.6 Å². The molecule has 0 amide bonds. The molecule has 0 saturated carbocycles. The molecule has 0 N–H and O–H groups in total. The van der Waals surface area contributed by atoms with Crippen molar-refractivity contribution in [2.24, 2.45) is 0 Å². The third-order valence-corrected chi connectivity index (χ3v) is 11.5. The van der Waals surface area contributed by atoms with E-state index in [4.69, 9.17) is 14.2 Å². The number of carbonyl (C=O) groups excluding carboxylic acids is 3. The number of hydrogen-bond acceptors (Lipinski definition) is 6. The van der Waals surface area contributed by atoms with Crippen LogP contribution in [0.3, 0.4) is 0 Å². The fourth-order valence-electron chi connectivity index (χ4n) is 7.50. The van der Waals surface area contributed by atoms with Gasteiger partial charge in [0.2, 0.25) is 0 Å². The van der Waals surface area contributed by atoms with Gasteiger partial charge in [0, 0.05) is 19.3 Å². The first-order valence-corrected chi connectivity index (χ1v) is 26.8. The number of allylic oxidation sites excluding steroid dienone is 10. The molecule has 364 valence electrons. The standard InChI is InChI=1S/C57H100O6/c1-4-7-10-13-16-19-21-23-25-27-28-30-31-33-35-38-41-44-47-50-56(59)62-53-54(52-61-55(58)49-46-43-40-37-18-15-12-9-6-3)63-57(60)51-48-45-42-39-36-34-32-29-26-24-22-20-17-14-11-8-5-2/h9,12,18,24,26,32,34,37,39,42,54H,4-8,10-11,13-17,19-23,25,27-31,33,35-36,38,40-41,43-53H2,1-3H3/b12-9-,26-24-,34-32-,37-18-,42-39-. The molecule has 0 rings (SSSR count). The SMILES string of the molecule is CC/C=C\C/C=C\CCCCC(=O)OCC(COC(=O)CCCCCCCCCCCCCCCCCCCCC)OC(=O)CCC/C=C\C/C=C\C/C=C\CCCCCCCC. The van der Waals surface area contributed by atoms with Crippen LogP contribution in [0.25, 0.3) is 0 Å². The lowest BCUT2D eigenvalue weighted by atomic mass is 10.0. The van der Waals surface area contributed by atoms with Crippen molar-refractivity contribution < 1.29 is 28.6 Å². The minimum Gasteiger partial charge on any atom is -0.462 e. The van der Waals surface area contributed by atoms with Gasteiger partial charge in [-0.15, -0.1) is 0 Å². The summed E-state index contributed by atoms with van der Waals surface area (Å²) in [5, 5.41) is 0. The summed E-state index contributed by atoms with van der Waals surface area (Å²) in [4.78, 5) is 37.9. The van der Waals surface area contributed by atoms with Crippen LogP contribution in [0.15, 0.2) is 60.8 Å². The molecule has 63 heavy (non-hydrogen) atoms. The minimum atomic E-state index is -0.810. The van der Waals surface area contributed by atoms with E-state index in [2.05, 4.69) is 81.5 Å². The Hall–Kier alpha value is -2.89. The first kappa shape index (κ1) is 60.1. The zero-order valence-electron chi connectivity index (χ0n) is 41.6. The van der Waals surface area contributed by atoms with E-state index in [0.29, 0.717) is 19.3 Å². The Morgan fingerprint density at radius 3 is 1.05 bits per heavy atom. The van der Waals surface area contributed by atoms with Gasteiger partial charge in [-0.05, 0) is 77.0 Å². The second-order valence-electron chi connectivity index (χ2n) is 17.8. The third-order valence-electron chi connectivity index (χ3n) is 11.5. The molecular weight excluding hydrogens is 781 g/mol. The van der Waals surface area contributed by atoms with Crippen molar-refractivity contribution in [3.05, 3.63) is 60.8 Å². The number of hydrogen-bond donors (Lipinski definition) is 0. The number of carbonyl (C=O) groups is 3. The van der Waals surface area contributed by atoms with Gasteiger partial charge in [0.05, 0.1) is 0 Å². The lowest BCUT2D eigenvalue weighted by Crippen LogP contribution is -2.30. The molecule has 0 aliphatic carbocycles. The van der Waals surface area contributed by atoms with Gasteiger partial charge in [-0.25, -0.2) is 0 Å². The second-order valence-corrected chi connectivity index (χ2v) is 17.8. The van der Waals surface area contributed by atoms with Crippen LogP contribution >= 0.6 is 0 Å². The maximum atomic E-state index is 12.8. The third kappa shape index (κ3) is 50.0. The summed E-state index contributed by atoms with van der Waals surface area (Å²) in [5.41, 5.74) is 0. The highest BCUT2D eigenvalue weighted by atomic mass is 16.6. The summed E-state index contributed by atoms with van der Waals surface area (Å²) >= 11 is 0. The average Bonchev–Trinajstić information content (AvgIpc) is 3.28. The predicted octanol–water partition coefficient (Wildman–Crippen LogP) is 17.6. The maximum Gasteiger partial charge on any atom is 0.306 e. The topological polar surface area (TPSA) is 78.9 Å². The molecule has 0 aromatic heterocycles. The number of ether oxygens (including phenoxy) is 3. The molecule has 0 aromatic carbocycles. The van der Waals surface area contributed by atoms with Gasteiger partial charge in [0.1, 0.15) is 13.2 Å². The summed E-state index contributed by atoms with van der Waals surface area (Å²) < 4.78 is 16.7. The average molecular weight is 881 g/mol. The molecule has 6 nitrogen and oxygen atoms in total. The molecule has 0 spiro atoms. The fraction of sp³-hybridized carbons (Fsp3) is 0.772. The van der Waals surface area contributed by atoms with Crippen molar-refractivity contribution in [1.82, 2.24) is 0 Å². The first-order valence-electron chi connectivity index (χ1n) is 26.8. The van der Waals surface area contributed by atoms with Gasteiger partial charge in [-0.3, -0.25) is 14.4 Å². The highest BCUT2D eigenvalue weighted by Gasteiger charge is 2.19. The van der Waals surface area contributed by atoms with E-state index >= 15 is 0 Å². The van der Waals surface area contributed by atoms with Gasteiger partial charge >= 0.3 is 17.9 Å². The minimum absolute atomic E-state index is 0.102. The van der Waals surface area contributed by atoms with Crippen LogP contribution in [0.5, 0.6) is 0 Å². The molecule has 0 aliphatic rings. The van der Waals surface area contributed by atoms with Crippen molar-refractivity contribution in [3.63, 3.8) is 0 Å². The van der Waals surface area contributed by atoms with Crippen molar-refractivity contribution in [2.75, 3.05) is 13.2 Å². The Labute approximate surface area is 390 Å². The first-order chi connectivity index (χ1) is 31.0. The highest BCUT2D eigenvalue weighted by Crippen LogP contribution is 2.16. The molecule has 1 atom stereocenters. The summed E-state index contributed by atoms with van der Waals surface area (Å²) in [6, 6.07) is 0. The Morgan fingerprint density at radius 1 is 0.333 bits per heavy atom. The Balaban J connectivity index is 4.36. The molecule has 6 heteroatoms. The number of esters is 3. The predicted molar refractivity (Wildman–Crippen MR) is 270 cm³/mol. The summed E-state index contributed by atoms with van der Waals surface area (Å²) in [6.45, 7) is 6.45. The Morgan fingerprint density at radius 2 is 0.635 bits per heavy atom. The summed E-state index contributed by atoms with van der Waals surface area (Å²) in [7, 11) is 0. The molecule has 0 saturated heterocycles. The fourth-order valence-corrected chi connectivity index (χ4v) is 7.50. The summed E-state index contributed by atoms with van der Waals surface area (Å²) in [5.74, 6) is -0.988. The molecule has 0 radical (unpaired) electrons. The van der Waals surface area contributed by atoms with Crippen molar-refractivity contribution >= 4 is 17.9 Å². The van der Waals surface area contributed by atoms with Gasteiger partial charge in [0.25, 0.3) is 0 Å². The van der Waals surface area contributed by atoms with Crippen LogP contribution in [-0.4, -0.2) is 37.2 Å². The van der Waals surface area contributed by atoms with E-state index in [9.17, 15) is 14.4 Å². The van der Waals surface area contributed by atoms with Crippen molar-refractivity contribution in [1.29, 1.82) is 0 Å². The van der Waals surface area contributed by atoms with E-state index in [1.54, 1.807) is 0 Å². The monoisotopic (exact) mass is 881 g/mol. The Kier molecular flexibility index (Phi) is 49.4. The molecular formula is C57H100O6. The van der Waals surface area contributed by atoms with Crippen LogP contribution in [0.4, 0.5) is 0 Å². The molecule has 0 aromatic rings. The van der Waals surface area contributed by atoms with Crippen molar-refractivity contribution in [2.45, 2.75) is 271 Å². The largest absolute Gasteiger partial charge is 0.462 e. The van der Waals surface area contributed by atoms with Gasteiger partial charge in [0.15, 0.2) is 6.10 Å². The van der Waals surface area contributed by atoms with E-state index in [1.807, 2.05) is 0 Å². The zero-order chi connectivity index (χ0) is 45.8. The summed E-state index contributed by atoms with van der Waals surface area (Å²) in [6.07, 6.45) is 63.8. The van der Waals surface area contributed by atoms with E-state index in [-0.39, 0.29) is 37.5 Å². The molecule has 0 bridgehead atoms. The van der Waals surface area contributed by atoms with Crippen LogP contribution in [0, 0.1) is 0 Å². The number of unbranched alkanes of at least 4 members (excludes halogenated alkanes) is 27. The normalized spacial score (nSPS) is 12.5. The van der Waals surface area contributed by atoms with Gasteiger partial charge in [-0.1, -0.05) is 229 Å². The Bertz CT molecular complexity index is 1150. The highest BCUT2D eigenvalue weighted by molar-refractivity contribution is 5.71. The lowest BCUT2D eigenvalue weighted by Gasteiger charge is -2.18. The molecule has 1 unspecified atom stereocenters. The van der Waals surface area contributed by atoms with Crippen LogP contribution in [0.2, 0.25) is 0 Å². The van der Waals surface area contributed by atoms with Gasteiger partial charge in [-0.2, -0.15) is 0 Å². The van der Waals surface area contributed by atoms with Gasteiger partial charge < -0.3 is 14.2 Å². The smallest absolute Gasteiger partial charge is 0.306 e. The van der Waals surface area contributed by atoms with Crippen LogP contribution in [0.1, 0.15) is 265 Å². The zero-order valence-corrected chi connectivity index (χ0v) is 41.6. The lowest BCUT2D eigenvalue weighted by molar-refractivity contribution is -0.167. The molecule has 0 heterocycles. The molecule has 0 aliphatic heterocycles. The van der Waals surface area contributed by atoms with Crippen molar-refractivity contribution in [3.8, 4) is 0 Å².